The smallest absolute Gasteiger partial charge is 0.201 e. The number of hydrogen-bond donors (Lipinski definition) is 0. The quantitative estimate of drug-likeness (QED) is 0.726. The van der Waals surface area contributed by atoms with Gasteiger partial charge in [-0.3, -0.25) is 0 Å². The molecule has 1 saturated heterocycles. The average molecular weight is 338 g/mol. The summed E-state index contributed by atoms with van der Waals surface area (Å²) in [6, 6.07) is 17.5. The van der Waals surface area contributed by atoms with Crippen LogP contribution in [-0.2, 0) is 14.5 Å². The molecular formula is C21H22O4. The van der Waals surface area contributed by atoms with Crippen molar-refractivity contribution in [2.24, 2.45) is 0 Å². The molecule has 0 bridgehead atoms. The molecule has 4 heteroatoms. The number of para-hydroxylation sites is 1. The Kier molecular flexibility index (Phi) is 4.57. The predicted octanol–water partition coefficient (Wildman–Crippen LogP) is 5.11. The highest BCUT2D eigenvalue weighted by Crippen LogP contribution is 2.39. The van der Waals surface area contributed by atoms with Gasteiger partial charge >= 0.3 is 0 Å². The normalized spacial score (nSPS) is 22.0. The van der Waals surface area contributed by atoms with Crippen molar-refractivity contribution in [3.63, 3.8) is 0 Å². The van der Waals surface area contributed by atoms with E-state index < -0.39 is 5.79 Å². The van der Waals surface area contributed by atoms with Crippen LogP contribution in [-0.4, -0.2) is 18.5 Å². The number of hydrogen-bond acceptors (Lipinski definition) is 4. The zero-order valence-electron chi connectivity index (χ0n) is 14.1. The van der Waals surface area contributed by atoms with Crippen LogP contribution in [0.15, 0.2) is 61.2 Å². The molecule has 25 heavy (non-hydrogen) atoms. The highest BCUT2D eigenvalue weighted by atomic mass is 17.2. The Morgan fingerprint density at radius 2 is 1.64 bits per heavy atom. The molecule has 1 spiro atoms. The van der Waals surface area contributed by atoms with Gasteiger partial charge in [0.1, 0.15) is 17.6 Å². The first-order valence-corrected chi connectivity index (χ1v) is 8.75. The van der Waals surface area contributed by atoms with Crippen LogP contribution >= 0.6 is 0 Å². The highest BCUT2D eigenvalue weighted by molar-refractivity contribution is 5.67. The monoisotopic (exact) mass is 338 g/mol. The molecule has 4 rings (SSSR count). The van der Waals surface area contributed by atoms with Crippen molar-refractivity contribution in [2.45, 2.75) is 37.6 Å². The van der Waals surface area contributed by atoms with E-state index in [1.807, 2.05) is 54.6 Å². The maximum Gasteiger partial charge on any atom is 0.201 e. The molecule has 1 aliphatic carbocycles. The third-order valence-electron chi connectivity index (χ3n) is 4.77. The highest BCUT2D eigenvalue weighted by Gasteiger charge is 2.42. The van der Waals surface area contributed by atoms with Crippen molar-refractivity contribution < 1.29 is 19.2 Å². The van der Waals surface area contributed by atoms with Crippen LogP contribution in [0.3, 0.4) is 0 Å². The van der Waals surface area contributed by atoms with Crippen LogP contribution in [0.2, 0.25) is 0 Å². The third-order valence-corrected chi connectivity index (χ3v) is 4.77. The van der Waals surface area contributed by atoms with Crippen LogP contribution in [0.25, 0.3) is 5.57 Å². The average Bonchev–Trinajstić information content (AvgIpc) is 3.11. The summed E-state index contributed by atoms with van der Waals surface area (Å²) in [7, 11) is 0. The molecule has 0 N–H and O–H groups in total. The molecular weight excluding hydrogens is 316 g/mol. The van der Waals surface area contributed by atoms with Crippen molar-refractivity contribution in [1.82, 2.24) is 0 Å². The van der Waals surface area contributed by atoms with E-state index in [4.69, 9.17) is 19.2 Å². The van der Waals surface area contributed by atoms with Crippen LogP contribution in [0.4, 0.5) is 0 Å². The minimum Gasteiger partial charge on any atom is -0.457 e. The summed E-state index contributed by atoms with van der Waals surface area (Å²) in [6.07, 6.45) is 3.76. The molecule has 1 aliphatic heterocycles. The molecule has 1 atom stereocenters. The lowest BCUT2D eigenvalue weighted by Crippen LogP contribution is -2.43. The SMILES string of the molecule is C=C(c1ccc(Oc2ccccc2)cc1)C1COC2(CCCC2)OO1. The minimum absolute atomic E-state index is 0.285. The minimum atomic E-state index is -0.524. The molecule has 2 fully saturated rings. The number of benzene rings is 2. The lowest BCUT2D eigenvalue weighted by Gasteiger charge is -2.36. The molecule has 4 nitrogen and oxygen atoms in total. The van der Waals surface area contributed by atoms with Crippen molar-refractivity contribution in [3.05, 3.63) is 66.7 Å². The Morgan fingerprint density at radius 1 is 0.960 bits per heavy atom. The first kappa shape index (κ1) is 16.3. The Hall–Kier alpha value is -2.14. The fourth-order valence-corrected chi connectivity index (χ4v) is 3.27. The standard InChI is InChI=1S/C21H22O4/c1-16(20-15-22-21(25-24-20)13-5-6-14-21)17-9-11-19(12-10-17)23-18-7-3-2-4-8-18/h2-4,7-12,20H,1,5-6,13-15H2. The van der Waals surface area contributed by atoms with E-state index in [1.165, 1.54) is 0 Å². The molecule has 1 unspecified atom stereocenters. The van der Waals surface area contributed by atoms with Gasteiger partial charge in [-0.15, -0.1) is 0 Å². The first-order chi connectivity index (χ1) is 12.2. The second-order valence-electron chi connectivity index (χ2n) is 6.56. The fourth-order valence-electron chi connectivity index (χ4n) is 3.27. The first-order valence-electron chi connectivity index (χ1n) is 8.75. The summed E-state index contributed by atoms with van der Waals surface area (Å²) < 4.78 is 11.8. The van der Waals surface area contributed by atoms with Gasteiger partial charge in [0, 0.05) is 12.8 Å². The molecule has 0 amide bonds. The Labute approximate surface area is 147 Å². The largest absolute Gasteiger partial charge is 0.457 e. The van der Waals surface area contributed by atoms with Crippen LogP contribution < -0.4 is 4.74 Å². The fraction of sp³-hybridized carbons (Fsp3) is 0.333. The molecule has 1 saturated carbocycles. The summed E-state index contributed by atoms with van der Waals surface area (Å²) in [4.78, 5) is 11.2. The molecule has 0 aromatic heterocycles. The molecule has 1 heterocycles. The topological polar surface area (TPSA) is 36.9 Å². The van der Waals surface area contributed by atoms with E-state index in [0.717, 1.165) is 48.3 Å². The van der Waals surface area contributed by atoms with Gasteiger partial charge in [0.2, 0.25) is 5.79 Å². The van der Waals surface area contributed by atoms with Crippen molar-refractivity contribution >= 4 is 5.57 Å². The summed E-state index contributed by atoms with van der Waals surface area (Å²) in [5.74, 6) is 1.07. The zero-order chi connectivity index (χ0) is 17.1. The van der Waals surface area contributed by atoms with E-state index in [1.54, 1.807) is 0 Å². The molecule has 2 aliphatic rings. The maximum absolute atomic E-state index is 5.95. The summed E-state index contributed by atoms with van der Waals surface area (Å²) in [5.41, 5.74) is 1.83. The van der Waals surface area contributed by atoms with Gasteiger partial charge in [0.15, 0.2) is 0 Å². The van der Waals surface area contributed by atoms with E-state index in [2.05, 4.69) is 6.58 Å². The van der Waals surface area contributed by atoms with Gasteiger partial charge < -0.3 is 9.47 Å². The van der Waals surface area contributed by atoms with E-state index in [0.29, 0.717) is 6.61 Å². The Balaban J connectivity index is 1.38. The third kappa shape index (κ3) is 3.61. The lowest BCUT2D eigenvalue weighted by atomic mass is 10.0. The van der Waals surface area contributed by atoms with E-state index in [9.17, 15) is 0 Å². The Bertz CT molecular complexity index is 707. The molecule has 0 radical (unpaired) electrons. The Morgan fingerprint density at radius 3 is 2.28 bits per heavy atom. The number of rotatable bonds is 4. The zero-order valence-corrected chi connectivity index (χ0v) is 14.1. The molecule has 130 valence electrons. The maximum atomic E-state index is 5.95. The molecule has 2 aromatic carbocycles. The summed E-state index contributed by atoms with van der Waals surface area (Å²) in [5, 5.41) is 0. The van der Waals surface area contributed by atoms with Crippen LogP contribution in [0.5, 0.6) is 11.5 Å². The predicted molar refractivity (Wildman–Crippen MR) is 95.1 cm³/mol. The van der Waals surface area contributed by atoms with Crippen molar-refractivity contribution in [2.75, 3.05) is 6.61 Å². The van der Waals surface area contributed by atoms with Crippen LogP contribution in [0.1, 0.15) is 31.2 Å². The summed E-state index contributed by atoms with van der Waals surface area (Å²) >= 11 is 0. The number of ether oxygens (including phenoxy) is 2. The second kappa shape index (κ2) is 7.00. The van der Waals surface area contributed by atoms with E-state index >= 15 is 0 Å². The van der Waals surface area contributed by atoms with Gasteiger partial charge in [-0.25, -0.2) is 9.78 Å². The van der Waals surface area contributed by atoms with E-state index in [-0.39, 0.29) is 6.10 Å². The lowest BCUT2D eigenvalue weighted by molar-refractivity contribution is -0.475. The van der Waals surface area contributed by atoms with Crippen molar-refractivity contribution in [3.8, 4) is 11.5 Å². The summed E-state index contributed by atoms with van der Waals surface area (Å²) in [6.45, 7) is 4.62. The van der Waals surface area contributed by atoms with Gasteiger partial charge in [-0.1, -0.05) is 36.9 Å². The van der Waals surface area contributed by atoms with Gasteiger partial charge in [0.25, 0.3) is 0 Å². The van der Waals surface area contributed by atoms with Gasteiger partial charge in [-0.05, 0) is 48.2 Å². The van der Waals surface area contributed by atoms with Crippen molar-refractivity contribution in [1.29, 1.82) is 0 Å². The van der Waals surface area contributed by atoms with Crippen LogP contribution in [0, 0.1) is 0 Å². The molecule has 2 aromatic rings. The second-order valence-corrected chi connectivity index (χ2v) is 6.56. The van der Waals surface area contributed by atoms with Gasteiger partial charge in [-0.2, -0.15) is 0 Å². The van der Waals surface area contributed by atoms with Gasteiger partial charge in [0.05, 0.1) is 6.61 Å².